The second-order valence-electron chi connectivity index (χ2n) is 7.55. The Morgan fingerprint density at radius 2 is 1.36 bits per heavy atom. The Labute approximate surface area is 152 Å². The Bertz CT molecular complexity index is 614. The van der Waals surface area contributed by atoms with Gasteiger partial charge in [0.2, 0.25) is 0 Å². The summed E-state index contributed by atoms with van der Waals surface area (Å²) >= 11 is 0. The van der Waals surface area contributed by atoms with E-state index in [-0.39, 0.29) is 0 Å². The number of carbonyl (C=O) groups excluding carboxylic acids is 1. The van der Waals surface area contributed by atoms with Crippen molar-refractivity contribution in [3.05, 3.63) is 71.8 Å². The van der Waals surface area contributed by atoms with Crippen LogP contribution < -0.4 is 4.90 Å². The molecule has 0 unspecified atom stereocenters. The zero-order valence-corrected chi connectivity index (χ0v) is 16.3. The molecule has 0 saturated carbocycles. The first kappa shape index (κ1) is 19.4. The molecular weight excluding hydrogens is 306 g/mol. The number of rotatable bonds is 8. The van der Waals surface area contributed by atoms with Crippen molar-refractivity contribution in [2.75, 3.05) is 14.1 Å². The molecule has 134 valence electrons. The highest BCUT2D eigenvalue weighted by Gasteiger charge is 2.44. The van der Waals surface area contributed by atoms with Crippen LogP contribution in [0.4, 0.5) is 0 Å². The van der Waals surface area contributed by atoms with Gasteiger partial charge < -0.3 is 4.90 Å². The van der Waals surface area contributed by atoms with Crippen molar-refractivity contribution in [1.29, 1.82) is 0 Å². The lowest BCUT2D eigenvalue weighted by Crippen LogP contribution is -3.11. The molecule has 0 aromatic heterocycles. The first-order chi connectivity index (χ1) is 11.9. The Hall–Kier alpha value is -1.93. The van der Waals surface area contributed by atoms with Crippen LogP contribution in [-0.4, -0.2) is 25.9 Å². The monoisotopic (exact) mass is 338 g/mol. The fourth-order valence-electron chi connectivity index (χ4n) is 4.02. The van der Waals surface area contributed by atoms with Gasteiger partial charge in [-0.2, -0.15) is 0 Å². The normalized spacial score (nSPS) is 13.2. The van der Waals surface area contributed by atoms with Crippen molar-refractivity contribution in [3.8, 4) is 0 Å². The van der Waals surface area contributed by atoms with E-state index < -0.39 is 5.41 Å². The maximum absolute atomic E-state index is 13.4. The Morgan fingerprint density at radius 1 is 0.920 bits per heavy atom. The molecule has 0 aliphatic rings. The zero-order chi connectivity index (χ0) is 18.4. The predicted molar refractivity (Wildman–Crippen MR) is 105 cm³/mol. The summed E-state index contributed by atoms with van der Waals surface area (Å²) in [7, 11) is 4.39. The molecule has 1 N–H and O–H groups in total. The smallest absolute Gasteiger partial charge is 0.147 e. The molecule has 2 rings (SSSR count). The summed E-state index contributed by atoms with van der Waals surface area (Å²) in [6, 6.07) is 21.1. The summed E-state index contributed by atoms with van der Waals surface area (Å²) < 4.78 is 0. The fourth-order valence-corrected chi connectivity index (χ4v) is 4.02. The van der Waals surface area contributed by atoms with Crippen molar-refractivity contribution in [2.24, 2.45) is 5.92 Å². The molecule has 2 aromatic carbocycles. The lowest BCUT2D eigenvalue weighted by atomic mass is 9.65. The van der Waals surface area contributed by atoms with E-state index in [1.165, 1.54) is 4.90 Å². The van der Waals surface area contributed by atoms with Gasteiger partial charge in [0.1, 0.15) is 5.78 Å². The first-order valence-corrected chi connectivity index (χ1v) is 9.37. The van der Waals surface area contributed by atoms with Crippen molar-refractivity contribution < 1.29 is 9.69 Å². The van der Waals surface area contributed by atoms with E-state index in [4.69, 9.17) is 0 Å². The molecule has 0 fully saturated rings. The summed E-state index contributed by atoms with van der Waals surface area (Å²) in [5, 5.41) is 0. The number of nitrogens with one attached hydrogen (secondary N) is 1. The molecule has 0 saturated heterocycles. The highest BCUT2D eigenvalue weighted by atomic mass is 16.1. The molecule has 2 aromatic rings. The van der Waals surface area contributed by atoms with Crippen molar-refractivity contribution >= 4 is 5.78 Å². The summed E-state index contributed by atoms with van der Waals surface area (Å²) in [5.74, 6) is 0.804. The van der Waals surface area contributed by atoms with Gasteiger partial charge in [-0.3, -0.25) is 4.79 Å². The van der Waals surface area contributed by atoms with E-state index in [0.29, 0.717) is 24.2 Å². The van der Waals surface area contributed by atoms with Crippen LogP contribution in [0.1, 0.15) is 44.7 Å². The third-order valence-corrected chi connectivity index (χ3v) is 5.40. The number of ketones is 1. The molecule has 0 heterocycles. The minimum absolute atomic E-state index is 0.303. The second-order valence-corrected chi connectivity index (χ2v) is 7.55. The second kappa shape index (κ2) is 8.44. The number of benzene rings is 2. The number of hydrogen-bond acceptors (Lipinski definition) is 1. The van der Waals surface area contributed by atoms with Crippen molar-refractivity contribution in [2.45, 2.75) is 45.1 Å². The van der Waals surface area contributed by atoms with Gasteiger partial charge in [-0.1, -0.05) is 81.4 Å². The molecule has 2 nitrogen and oxygen atoms in total. The van der Waals surface area contributed by atoms with E-state index in [0.717, 1.165) is 17.5 Å². The predicted octanol–water partition coefficient (Wildman–Crippen LogP) is 3.51. The third-order valence-electron chi connectivity index (χ3n) is 5.40. The molecule has 1 atom stereocenters. The standard InChI is InChI=1S/C23H31NO/c1-6-22(25)23(19-13-9-7-10-14-19,20-15-11-8-12-16-20)17-21(18(2)3)24(4)5/h7-16,18,21H,6,17H2,1-5H3/p+1/t21-/m1/s1. The average Bonchev–Trinajstić information content (AvgIpc) is 2.63. The van der Waals surface area contributed by atoms with Gasteiger partial charge >= 0.3 is 0 Å². The SMILES string of the molecule is CCC(=O)C(C[C@H](C(C)C)[NH+](C)C)(c1ccccc1)c1ccccc1. The molecular formula is C23H32NO+. The van der Waals surface area contributed by atoms with Crippen LogP contribution in [0.5, 0.6) is 0 Å². The van der Waals surface area contributed by atoms with Crippen molar-refractivity contribution in [1.82, 2.24) is 0 Å². The zero-order valence-electron chi connectivity index (χ0n) is 16.3. The third kappa shape index (κ3) is 4.01. The van der Waals surface area contributed by atoms with Gasteiger partial charge in [-0.25, -0.2) is 0 Å². The van der Waals surface area contributed by atoms with E-state index in [1.807, 2.05) is 43.3 Å². The van der Waals surface area contributed by atoms with Crippen LogP contribution in [0.25, 0.3) is 0 Å². The number of hydrogen-bond donors (Lipinski definition) is 1. The van der Waals surface area contributed by atoms with Gasteiger partial charge in [0.15, 0.2) is 0 Å². The van der Waals surface area contributed by atoms with E-state index in [9.17, 15) is 4.79 Å². The van der Waals surface area contributed by atoms with E-state index in [1.54, 1.807) is 0 Å². The Kier molecular flexibility index (Phi) is 6.55. The lowest BCUT2D eigenvalue weighted by Gasteiger charge is -2.38. The fraction of sp³-hybridized carbons (Fsp3) is 0.435. The molecule has 0 radical (unpaired) electrons. The molecule has 2 heteroatoms. The van der Waals surface area contributed by atoms with Crippen molar-refractivity contribution in [3.63, 3.8) is 0 Å². The molecule has 0 bridgehead atoms. The van der Waals surface area contributed by atoms with Crippen LogP contribution >= 0.6 is 0 Å². The summed E-state index contributed by atoms with van der Waals surface area (Å²) in [6.45, 7) is 6.50. The quantitative estimate of drug-likeness (QED) is 0.781. The number of Topliss-reactive ketones (excluding diaryl/α,β-unsaturated/α-hetero) is 1. The highest BCUT2D eigenvalue weighted by Crippen LogP contribution is 2.39. The molecule has 0 aliphatic carbocycles. The molecule has 0 spiro atoms. The van der Waals surface area contributed by atoms with Crippen LogP contribution in [0.2, 0.25) is 0 Å². The van der Waals surface area contributed by atoms with Crippen LogP contribution in [0.15, 0.2) is 60.7 Å². The van der Waals surface area contributed by atoms with Gasteiger partial charge in [0.05, 0.1) is 25.6 Å². The van der Waals surface area contributed by atoms with E-state index in [2.05, 4.69) is 52.2 Å². The van der Waals surface area contributed by atoms with Crippen LogP contribution in [0.3, 0.4) is 0 Å². The number of quaternary nitrogens is 1. The Balaban J connectivity index is 2.70. The minimum Gasteiger partial charge on any atom is -0.337 e. The van der Waals surface area contributed by atoms with Gasteiger partial charge in [-0.05, 0) is 11.1 Å². The highest BCUT2D eigenvalue weighted by molar-refractivity contribution is 5.93. The largest absolute Gasteiger partial charge is 0.337 e. The van der Waals surface area contributed by atoms with Gasteiger partial charge in [-0.15, -0.1) is 0 Å². The molecule has 0 aliphatic heterocycles. The first-order valence-electron chi connectivity index (χ1n) is 9.37. The maximum Gasteiger partial charge on any atom is 0.147 e. The van der Waals surface area contributed by atoms with Crippen LogP contribution in [-0.2, 0) is 10.2 Å². The molecule has 25 heavy (non-hydrogen) atoms. The van der Waals surface area contributed by atoms with Gasteiger partial charge in [0, 0.05) is 18.8 Å². The van der Waals surface area contributed by atoms with Crippen LogP contribution in [0, 0.1) is 5.92 Å². The summed E-state index contributed by atoms with van der Waals surface area (Å²) in [5.41, 5.74) is 1.64. The Morgan fingerprint density at radius 3 is 1.68 bits per heavy atom. The summed E-state index contributed by atoms with van der Waals surface area (Å²) in [4.78, 5) is 14.8. The maximum atomic E-state index is 13.4. The summed E-state index contributed by atoms with van der Waals surface area (Å²) in [6.07, 6.45) is 1.37. The van der Waals surface area contributed by atoms with Gasteiger partial charge in [0.25, 0.3) is 0 Å². The topological polar surface area (TPSA) is 21.5 Å². The lowest BCUT2D eigenvalue weighted by molar-refractivity contribution is -0.890. The minimum atomic E-state index is -0.580. The average molecular weight is 339 g/mol. The van der Waals surface area contributed by atoms with E-state index >= 15 is 0 Å². The molecule has 0 amide bonds. The number of carbonyl (C=O) groups is 1.